The molecule has 2 aromatic heterocycles. The van der Waals surface area contributed by atoms with Crippen molar-refractivity contribution in [1.82, 2.24) is 9.55 Å². The minimum absolute atomic E-state index is 0.197. The minimum Gasteiger partial charge on any atom is -0.265 e. The Labute approximate surface area is 86.5 Å². The molecule has 0 saturated carbocycles. The van der Waals surface area contributed by atoms with E-state index in [0.29, 0.717) is 6.54 Å². The molecule has 0 unspecified atom stereocenters. The molecule has 0 atom stereocenters. The summed E-state index contributed by atoms with van der Waals surface area (Å²) in [5.41, 5.74) is 0.907. The summed E-state index contributed by atoms with van der Waals surface area (Å²) in [7, 11) is 1.94. The van der Waals surface area contributed by atoms with Gasteiger partial charge in [-0.3, -0.25) is 19.1 Å². The third kappa shape index (κ3) is 1.80. The molecule has 0 fully saturated rings. The first-order valence-electron chi connectivity index (χ1n) is 3.86. The maximum Gasteiger partial charge on any atom is 0.320 e. The molecule has 0 radical (unpaired) electrons. The second-order valence-electron chi connectivity index (χ2n) is 2.64. The van der Waals surface area contributed by atoms with Crippen LogP contribution >= 0.6 is 20.7 Å². The second-order valence-corrected chi connectivity index (χ2v) is 4.67. The summed E-state index contributed by atoms with van der Waals surface area (Å²) in [6.07, 6.45) is 3.28. The molecule has 72 valence electrons. The Hall–Kier alpha value is -1.27. The van der Waals surface area contributed by atoms with E-state index in [1.54, 1.807) is 24.5 Å². The molecule has 6 heteroatoms. The van der Waals surface area contributed by atoms with E-state index in [9.17, 15) is 9.59 Å². The highest BCUT2D eigenvalue weighted by Gasteiger charge is 2.04. The minimum atomic E-state index is -0.197. The van der Waals surface area contributed by atoms with Crippen molar-refractivity contribution in [3.63, 3.8) is 0 Å². The number of hydrogen-bond acceptors (Lipinski definition) is 5. The third-order valence-corrected chi connectivity index (χ3v) is 3.63. The van der Waals surface area contributed by atoms with Gasteiger partial charge in [0.1, 0.15) is 0 Å². The monoisotopic (exact) mass is 226 g/mol. The summed E-state index contributed by atoms with van der Waals surface area (Å²) in [5, 5.41) is 0. The first kappa shape index (κ1) is 9.29. The molecule has 0 amide bonds. The number of pyridine rings is 1. The van der Waals surface area contributed by atoms with E-state index in [1.165, 1.54) is 4.57 Å². The fourth-order valence-corrected chi connectivity index (χ4v) is 2.68. The van der Waals surface area contributed by atoms with Crippen molar-refractivity contribution in [2.24, 2.45) is 0 Å². The summed E-state index contributed by atoms with van der Waals surface area (Å²) in [6.45, 7) is 0.334. The van der Waals surface area contributed by atoms with Crippen molar-refractivity contribution in [1.29, 1.82) is 0 Å². The van der Waals surface area contributed by atoms with Gasteiger partial charge in [0.15, 0.2) is 0 Å². The van der Waals surface area contributed by atoms with Crippen molar-refractivity contribution < 1.29 is 0 Å². The van der Waals surface area contributed by atoms with Gasteiger partial charge in [0.2, 0.25) is 0 Å². The van der Waals surface area contributed by atoms with E-state index in [-0.39, 0.29) is 9.75 Å². The van der Waals surface area contributed by atoms with Crippen molar-refractivity contribution in [3.05, 3.63) is 49.4 Å². The van der Waals surface area contributed by atoms with Crippen LogP contribution in [0.25, 0.3) is 0 Å². The van der Waals surface area contributed by atoms with Crippen molar-refractivity contribution in [2.75, 3.05) is 0 Å². The Morgan fingerprint density at radius 1 is 1.14 bits per heavy atom. The molecule has 4 nitrogen and oxygen atoms in total. The smallest absolute Gasteiger partial charge is 0.265 e. The van der Waals surface area contributed by atoms with Crippen LogP contribution in [0.3, 0.4) is 0 Å². The molecule has 14 heavy (non-hydrogen) atoms. The van der Waals surface area contributed by atoms with Crippen LogP contribution in [-0.2, 0) is 6.54 Å². The lowest BCUT2D eigenvalue weighted by atomic mass is 10.3. The first-order chi connectivity index (χ1) is 6.77. The van der Waals surface area contributed by atoms with Gasteiger partial charge < -0.3 is 0 Å². The highest BCUT2D eigenvalue weighted by molar-refractivity contribution is 7.67. The Kier molecular flexibility index (Phi) is 2.55. The van der Waals surface area contributed by atoms with Crippen molar-refractivity contribution >= 4 is 20.7 Å². The van der Waals surface area contributed by atoms with Crippen molar-refractivity contribution in [3.8, 4) is 0 Å². The van der Waals surface area contributed by atoms with Gasteiger partial charge in [-0.1, -0.05) is 0 Å². The number of nitrogens with zero attached hydrogens (tertiary/aromatic N) is 2. The molecule has 0 N–H and O–H groups in total. The van der Waals surface area contributed by atoms with E-state index >= 15 is 0 Å². The van der Waals surface area contributed by atoms with Gasteiger partial charge in [0.25, 0.3) is 0 Å². The molecule has 0 aliphatic carbocycles. The van der Waals surface area contributed by atoms with E-state index in [0.717, 1.165) is 26.2 Å². The van der Waals surface area contributed by atoms with Gasteiger partial charge in [0, 0.05) is 12.4 Å². The predicted molar refractivity (Wildman–Crippen MR) is 56.1 cm³/mol. The molecule has 2 rings (SSSR count). The van der Waals surface area contributed by atoms with Crippen LogP contribution < -0.4 is 9.75 Å². The lowest BCUT2D eigenvalue weighted by Crippen LogP contribution is -2.24. The number of rotatable bonds is 2. The highest BCUT2D eigenvalue weighted by atomic mass is 32.9. The van der Waals surface area contributed by atoms with Crippen molar-refractivity contribution in [2.45, 2.75) is 6.54 Å². The lowest BCUT2D eigenvalue weighted by molar-refractivity contribution is 0.763. The first-order valence-corrected chi connectivity index (χ1v) is 6.01. The SMILES string of the molecule is O=c1ssc(=O)n1Cc1ccncc1. The average molecular weight is 226 g/mol. The van der Waals surface area contributed by atoms with E-state index in [1.807, 2.05) is 0 Å². The molecule has 0 aromatic carbocycles. The molecule has 0 saturated heterocycles. The molecule has 0 bridgehead atoms. The van der Waals surface area contributed by atoms with Crippen LogP contribution in [-0.4, -0.2) is 9.55 Å². The van der Waals surface area contributed by atoms with Gasteiger partial charge in [-0.2, -0.15) is 0 Å². The van der Waals surface area contributed by atoms with Crippen LogP contribution in [0, 0.1) is 0 Å². The second kappa shape index (κ2) is 3.85. The molecule has 2 heterocycles. The topological polar surface area (TPSA) is 52.0 Å². The Balaban J connectivity index is 2.37. The van der Waals surface area contributed by atoms with Gasteiger partial charge in [0.05, 0.1) is 6.54 Å². The summed E-state index contributed by atoms with van der Waals surface area (Å²) in [4.78, 5) is 25.9. The van der Waals surface area contributed by atoms with E-state index in [2.05, 4.69) is 4.98 Å². The summed E-state index contributed by atoms with van der Waals surface area (Å²) in [6, 6.07) is 3.57. The van der Waals surface area contributed by atoms with E-state index in [4.69, 9.17) is 0 Å². The normalized spacial score (nSPS) is 10.3. The summed E-state index contributed by atoms with van der Waals surface area (Å²) in [5.74, 6) is 0. The summed E-state index contributed by atoms with van der Waals surface area (Å²) >= 11 is 0. The standard InChI is InChI=1S/C8H6N2O2S2/c11-7-10(8(12)14-13-7)5-6-1-3-9-4-2-6/h1-4H,5H2. The lowest BCUT2D eigenvalue weighted by Gasteiger charge is -1.98. The predicted octanol–water partition coefficient (Wildman–Crippen LogP) is 0.775. The zero-order valence-electron chi connectivity index (χ0n) is 7.04. The van der Waals surface area contributed by atoms with Gasteiger partial charge in [-0.05, 0) is 38.4 Å². The Morgan fingerprint density at radius 2 is 1.71 bits per heavy atom. The third-order valence-electron chi connectivity index (χ3n) is 1.72. The maximum atomic E-state index is 11.2. The van der Waals surface area contributed by atoms with Crippen LogP contribution in [0.5, 0.6) is 0 Å². The largest absolute Gasteiger partial charge is 0.320 e. The maximum absolute atomic E-state index is 11.2. The quantitative estimate of drug-likeness (QED) is 0.711. The average Bonchev–Trinajstić information content (AvgIpc) is 2.51. The zero-order valence-corrected chi connectivity index (χ0v) is 8.68. The zero-order chi connectivity index (χ0) is 9.97. The molecule has 2 aromatic rings. The highest BCUT2D eigenvalue weighted by Crippen LogP contribution is 1.99. The van der Waals surface area contributed by atoms with Crippen LogP contribution in [0.1, 0.15) is 5.56 Å². The molecule has 0 aliphatic heterocycles. The molecular formula is C8H6N2O2S2. The Bertz CT molecular complexity index is 499. The van der Waals surface area contributed by atoms with Crippen LogP contribution in [0.2, 0.25) is 0 Å². The van der Waals surface area contributed by atoms with Crippen LogP contribution in [0.4, 0.5) is 0 Å². The Morgan fingerprint density at radius 3 is 2.29 bits per heavy atom. The van der Waals surface area contributed by atoms with Gasteiger partial charge >= 0.3 is 9.75 Å². The number of hydrogen-bond donors (Lipinski definition) is 0. The van der Waals surface area contributed by atoms with Crippen LogP contribution in [0.15, 0.2) is 34.1 Å². The summed E-state index contributed by atoms with van der Waals surface area (Å²) < 4.78 is 1.23. The molecule has 0 aliphatic rings. The fraction of sp³-hybridized carbons (Fsp3) is 0.125. The molecular weight excluding hydrogens is 220 g/mol. The fourth-order valence-electron chi connectivity index (χ4n) is 1.04. The van der Waals surface area contributed by atoms with E-state index < -0.39 is 0 Å². The van der Waals surface area contributed by atoms with Gasteiger partial charge in [-0.15, -0.1) is 0 Å². The number of aromatic nitrogens is 2. The molecule has 0 spiro atoms. The van der Waals surface area contributed by atoms with Gasteiger partial charge in [-0.25, -0.2) is 0 Å².